The van der Waals surface area contributed by atoms with Crippen LogP contribution >= 0.6 is 0 Å². The molecule has 0 aliphatic carbocycles. The lowest BCUT2D eigenvalue weighted by molar-refractivity contribution is -0.132. The monoisotopic (exact) mass is 405 g/mol. The molecule has 1 aliphatic heterocycles. The highest BCUT2D eigenvalue weighted by Gasteiger charge is 2.26. The molecule has 0 N–H and O–H groups in total. The summed E-state index contributed by atoms with van der Waals surface area (Å²) >= 11 is 0. The smallest absolute Gasteiger partial charge is 0.274 e. The molecule has 3 heterocycles. The van der Waals surface area contributed by atoms with Crippen LogP contribution in [0.5, 0.6) is 5.75 Å². The molecule has 0 radical (unpaired) electrons. The van der Waals surface area contributed by atoms with E-state index in [0.29, 0.717) is 31.9 Å². The highest BCUT2D eigenvalue weighted by Crippen LogP contribution is 2.15. The van der Waals surface area contributed by atoms with E-state index >= 15 is 0 Å². The number of benzene rings is 1. The number of nitrogens with zero attached hydrogens (tertiary/aromatic N) is 5. The maximum absolute atomic E-state index is 12.8. The third-order valence-electron chi connectivity index (χ3n) is 5.12. The average Bonchev–Trinajstić information content (AvgIpc) is 3.30. The Balaban J connectivity index is 1.34. The van der Waals surface area contributed by atoms with Crippen molar-refractivity contribution >= 4 is 11.8 Å². The maximum Gasteiger partial charge on any atom is 0.274 e. The Hall–Kier alpha value is -3.68. The van der Waals surface area contributed by atoms with Crippen LogP contribution in [0.3, 0.4) is 0 Å². The number of ether oxygens (including phenoxy) is 1. The molecule has 1 fully saturated rings. The van der Waals surface area contributed by atoms with Gasteiger partial charge in [0.2, 0.25) is 5.91 Å². The third-order valence-corrected chi connectivity index (χ3v) is 5.12. The predicted octanol–water partition coefficient (Wildman–Crippen LogP) is 1.80. The topological polar surface area (TPSA) is 80.6 Å². The Bertz CT molecular complexity index is 1010. The van der Waals surface area contributed by atoms with Crippen LogP contribution in [0, 0.1) is 0 Å². The largest absolute Gasteiger partial charge is 0.497 e. The van der Waals surface area contributed by atoms with Crippen LogP contribution in [0.4, 0.5) is 0 Å². The van der Waals surface area contributed by atoms with Crippen LogP contribution in [0.2, 0.25) is 0 Å². The second-order valence-electron chi connectivity index (χ2n) is 7.01. The number of rotatable bonds is 5. The van der Waals surface area contributed by atoms with Crippen molar-refractivity contribution in [2.24, 2.45) is 0 Å². The lowest BCUT2D eigenvalue weighted by atomic mass is 10.2. The van der Waals surface area contributed by atoms with Crippen LogP contribution in [-0.2, 0) is 11.2 Å². The number of hydrogen-bond donors (Lipinski definition) is 0. The number of methoxy groups -OCH3 is 1. The Labute approximate surface area is 174 Å². The fourth-order valence-corrected chi connectivity index (χ4v) is 3.41. The second-order valence-corrected chi connectivity index (χ2v) is 7.01. The molecule has 0 atom stereocenters. The molecule has 0 spiro atoms. The van der Waals surface area contributed by atoms with Gasteiger partial charge in [0.15, 0.2) is 5.69 Å². The zero-order chi connectivity index (χ0) is 20.9. The van der Waals surface area contributed by atoms with Gasteiger partial charge in [0.05, 0.1) is 19.2 Å². The zero-order valence-electron chi connectivity index (χ0n) is 16.8. The summed E-state index contributed by atoms with van der Waals surface area (Å²) in [5.41, 5.74) is 1.99. The zero-order valence-corrected chi connectivity index (χ0v) is 16.8. The molecule has 30 heavy (non-hydrogen) atoms. The summed E-state index contributed by atoms with van der Waals surface area (Å²) in [6.45, 7) is 2.00. The van der Waals surface area contributed by atoms with Gasteiger partial charge >= 0.3 is 0 Å². The van der Waals surface area contributed by atoms with Crippen molar-refractivity contribution in [2.75, 3.05) is 33.3 Å². The minimum Gasteiger partial charge on any atom is -0.497 e. The van der Waals surface area contributed by atoms with Crippen LogP contribution in [0.15, 0.2) is 60.9 Å². The summed E-state index contributed by atoms with van der Waals surface area (Å²) in [5, 5.41) is 4.42. The number of piperazine rings is 1. The van der Waals surface area contributed by atoms with Gasteiger partial charge < -0.3 is 14.5 Å². The summed E-state index contributed by atoms with van der Waals surface area (Å²) in [4.78, 5) is 33.0. The lowest BCUT2D eigenvalue weighted by Crippen LogP contribution is -2.51. The van der Waals surface area contributed by atoms with Crippen LogP contribution in [0.1, 0.15) is 16.2 Å². The Morgan fingerprint density at radius 3 is 2.37 bits per heavy atom. The summed E-state index contributed by atoms with van der Waals surface area (Å²) in [7, 11) is 1.62. The third kappa shape index (κ3) is 4.32. The van der Waals surface area contributed by atoms with Gasteiger partial charge in [-0.25, -0.2) is 4.68 Å². The van der Waals surface area contributed by atoms with E-state index in [-0.39, 0.29) is 18.2 Å². The summed E-state index contributed by atoms with van der Waals surface area (Å²) < 4.78 is 6.83. The number of pyridine rings is 1. The quantitative estimate of drug-likeness (QED) is 0.647. The lowest BCUT2D eigenvalue weighted by Gasteiger charge is -2.34. The fourth-order valence-electron chi connectivity index (χ4n) is 3.41. The number of amides is 2. The highest BCUT2D eigenvalue weighted by molar-refractivity contribution is 5.92. The van der Waals surface area contributed by atoms with Crippen molar-refractivity contribution in [3.8, 4) is 11.4 Å². The molecule has 0 bridgehead atoms. The molecule has 3 aromatic rings. The van der Waals surface area contributed by atoms with Crippen molar-refractivity contribution in [1.29, 1.82) is 0 Å². The van der Waals surface area contributed by atoms with Gasteiger partial charge in [-0.1, -0.05) is 6.07 Å². The average molecular weight is 405 g/mol. The van der Waals surface area contributed by atoms with E-state index < -0.39 is 0 Å². The molecule has 2 aromatic heterocycles. The summed E-state index contributed by atoms with van der Waals surface area (Å²) in [5.74, 6) is 0.668. The van der Waals surface area contributed by atoms with Gasteiger partial charge in [-0.15, -0.1) is 0 Å². The van der Waals surface area contributed by atoms with E-state index in [1.165, 1.54) is 0 Å². The Morgan fingerprint density at radius 2 is 1.70 bits per heavy atom. The van der Waals surface area contributed by atoms with E-state index in [2.05, 4.69) is 10.1 Å². The summed E-state index contributed by atoms with van der Waals surface area (Å²) in [6.07, 6.45) is 3.73. The van der Waals surface area contributed by atoms with Crippen molar-refractivity contribution in [3.05, 3.63) is 72.3 Å². The molecule has 4 rings (SSSR count). The summed E-state index contributed by atoms with van der Waals surface area (Å²) in [6, 6.07) is 14.7. The van der Waals surface area contributed by atoms with Crippen molar-refractivity contribution < 1.29 is 14.3 Å². The molecule has 0 unspecified atom stereocenters. The first-order valence-electron chi connectivity index (χ1n) is 9.81. The number of carbonyl (C=O) groups excluding carboxylic acids is 2. The Kier molecular flexibility index (Phi) is 5.74. The minimum absolute atomic E-state index is 0.0320. The number of aromatic nitrogens is 3. The van der Waals surface area contributed by atoms with Gasteiger partial charge in [-0.05, 0) is 42.5 Å². The molecule has 0 saturated carbocycles. The first-order chi connectivity index (χ1) is 14.6. The molecule has 154 valence electrons. The van der Waals surface area contributed by atoms with Crippen LogP contribution < -0.4 is 4.74 Å². The van der Waals surface area contributed by atoms with E-state index in [0.717, 1.165) is 17.1 Å². The number of hydrogen-bond acceptors (Lipinski definition) is 5. The molecular formula is C22H23N5O3. The second kappa shape index (κ2) is 8.77. The van der Waals surface area contributed by atoms with Gasteiger partial charge in [-0.3, -0.25) is 14.6 Å². The van der Waals surface area contributed by atoms with Crippen molar-refractivity contribution in [2.45, 2.75) is 6.42 Å². The van der Waals surface area contributed by atoms with E-state index in [1.54, 1.807) is 40.1 Å². The minimum atomic E-state index is -0.126. The van der Waals surface area contributed by atoms with Crippen molar-refractivity contribution in [1.82, 2.24) is 24.6 Å². The van der Waals surface area contributed by atoms with Gasteiger partial charge in [0, 0.05) is 44.3 Å². The standard InChI is InChI=1S/C22H23N5O3/c1-30-19-7-5-18(6-8-19)27-11-9-20(24-27)22(29)26-14-12-25(13-15-26)21(28)16-17-4-2-3-10-23-17/h2-11H,12-16H2,1H3. The van der Waals surface area contributed by atoms with Gasteiger partial charge in [0.25, 0.3) is 5.91 Å². The number of carbonyl (C=O) groups is 2. The molecule has 1 aromatic carbocycles. The van der Waals surface area contributed by atoms with Crippen molar-refractivity contribution in [3.63, 3.8) is 0 Å². The van der Waals surface area contributed by atoms with Crippen LogP contribution in [-0.4, -0.2) is 69.7 Å². The maximum atomic E-state index is 12.8. The Morgan fingerprint density at radius 1 is 0.967 bits per heavy atom. The highest BCUT2D eigenvalue weighted by atomic mass is 16.5. The first kappa shape index (κ1) is 19.6. The van der Waals surface area contributed by atoms with Gasteiger partial charge in [-0.2, -0.15) is 5.10 Å². The molecule has 8 nitrogen and oxygen atoms in total. The fraction of sp³-hybridized carbons (Fsp3) is 0.273. The first-order valence-corrected chi connectivity index (χ1v) is 9.81. The SMILES string of the molecule is COc1ccc(-n2ccc(C(=O)N3CCN(C(=O)Cc4ccccn4)CC3)n2)cc1. The molecule has 8 heteroatoms. The van der Waals surface area contributed by atoms with Crippen LogP contribution in [0.25, 0.3) is 5.69 Å². The molecular weight excluding hydrogens is 382 g/mol. The van der Waals surface area contributed by atoms with Gasteiger partial charge in [0.1, 0.15) is 5.75 Å². The van der Waals surface area contributed by atoms with E-state index in [9.17, 15) is 9.59 Å². The molecule has 2 amide bonds. The molecule has 1 saturated heterocycles. The van der Waals surface area contributed by atoms with E-state index in [1.807, 2.05) is 42.5 Å². The predicted molar refractivity (Wildman–Crippen MR) is 111 cm³/mol. The normalized spacial score (nSPS) is 13.9. The van der Waals surface area contributed by atoms with E-state index in [4.69, 9.17) is 4.74 Å². The molecule has 1 aliphatic rings.